The van der Waals surface area contributed by atoms with Gasteiger partial charge in [-0.2, -0.15) is 0 Å². The van der Waals surface area contributed by atoms with Crippen molar-refractivity contribution >= 4 is 17.5 Å². The van der Waals surface area contributed by atoms with E-state index in [1.807, 2.05) is 28.5 Å². The molecular formula is C25H35FN4O2. The van der Waals surface area contributed by atoms with Crippen molar-refractivity contribution < 1.29 is 14.0 Å². The normalized spacial score (nSPS) is 24.6. The Morgan fingerprint density at radius 2 is 1.97 bits per heavy atom. The fourth-order valence-electron chi connectivity index (χ4n) is 5.25. The molecule has 3 heterocycles. The third kappa shape index (κ3) is 5.30. The zero-order valence-electron chi connectivity index (χ0n) is 19.0. The first-order chi connectivity index (χ1) is 15.5. The van der Waals surface area contributed by atoms with Crippen LogP contribution in [0.15, 0.2) is 30.7 Å². The predicted molar refractivity (Wildman–Crippen MR) is 122 cm³/mol. The molecule has 2 amide bonds. The lowest BCUT2D eigenvalue weighted by atomic mass is 9.78. The number of unbranched alkanes of at least 4 members (excludes halogenated alkanes) is 1. The van der Waals surface area contributed by atoms with Gasteiger partial charge >= 0.3 is 0 Å². The van der Waals surface area contributed by atoms with Crippen LogP contribution >= 0.6 is 0 Å². The van der Waals surface area contributed by atoms with Crippen molar-refractivity contribution in [1.29, 1.82) is 0 Å². The molecule has 1 saturated heterocycles. The summed E-state index contributed by atoms with van der Waals surface area (Å²) in [4.78, 5) is 31.4. The van der Waals surface area contributed by atoms with E-state index in [-0.39, 0.29) is 23.7 Å². The van der Waals surface area contributed by atoms with Gasteiger partial charge in [0.1, 0.15) is 11.8 Å². The van der Waals surface area contributed by atoms with Crippen LogP contribution in [0.25, 0.3) is 5.65 Å². The molecule has 7 heteroatoms. The van der Waals surface area contributed by atoms with E-state index in [0.717, 1.165) is 63.7 Å². The van der Waals surface area contributed by atoms with Gasteiger partial charge in [0.2, 0.25) is 5.91 Å². The summed E-state index contributed by atoms with van der Waals surface area (Å²) in [5, 5.41) is 3.00. The Kier molecular flexibility index (Phi) is 7.43. The Balaban J connectivity index is 1.12. The van der Waals surface area contributed by atoms with Gasteiger partial charge in [-0.15, -0.1) is 0 Å². The first-order valence-electron chi connectivity index (χ1n) is 12.2. The number of hydrogen-bond donors (Lipinski definition) is 1. The van der Waals surface area contributed by atoms with Gasteiger partial charge < -0.3 is 14.6 Å². The van der Waals surface area contributed by atoms with Gasteiger partial charge in [-0.05, 0) is 62.5 Å². The number of carbonyl (C=O) groups is 2. The van der Waals surface area contributed by atoms with Crippen LogP contribution in [0.1, 0.15) is 68.6 Å². The number of likely N-dealkylation sites (tertiary alicyclic amines) is 1. The van der Waals surface area contributed by atoms with Crippen LogP contribution in [0, 0.1) is 17.8 Å². The summed E-state index contributed by atoms with van der Waals surface area (Å²) < 4.78 is 15.9. The molecule has 2 aromatic rings. The van der Waals surface area contributed by atoms with E-state index in [1.165, 1.54) is 0 Å². The van der Waals surface area contributed by atoms with Crippen LogP contribution in [-0.2, 0) is 4.79 Å². The Morgan fingerprint density at radius 3 is 2.78 bits per heavy atom. The third-order valence-corrected chi connectivity index (χ3v) is 7.42. The fraction of sp³-hybridized carbons (Fsp3) is 0.640. The second kappa shape index (κ2) is 10.5. The Bertz CT molecular complexity index is 922. The highest BCUT2D eigenvalue weighted by Gasteiger charge is 2.37. The maximum atomic E-state index is 14.0. The number of carbonyl (C=O) groups excluding carboxylic acids is 2. The minimum Gasteiger partial charge on any atom is -0.352 e. The van der Waals surface area contributed by atoms with Crippen LogP contribution < -0.4 is 5.32 Å². The van der Waals surface area contributed by atoms with Crippen molar-refractivity contribution in [2.45, 2.75) is 64.5 Å². The summed E-state index contributed by atoms with van der Waals surface area (Å²) in [6.07, 6.45) is 12.0. The van der Waals surface area contributed by atoms with E-state index in [2.05, 4.69) is 10.3 Å². The molecule has 3 atom stereocenters. The Labute approximate surface area is 189 Å². The van der Waals surface area contributed by atoms with Crippen molar-refractivity contribution in [3.8, 4) is 0 Å². The second-order valence-corrected chi connectivity index (χ2v) is 9.54. The molecule has 0 radical (unpaired) electrons. The van der Waals surface area contributed by atoms with Crippen molar-refractivity contribution in [2.75, 3.05) is 19.6 Å². The third-order valence-electron chi connectivity index (χ3n) is 7.42. The van der Waals surface area contributed by atoms with Crippen LogP contribution in [-0.4, -0.2) is 51.9 Å². The summed E-state index contributed by atoms with van der Waals surface area (Å²) >= 11 is 0. The lowest BCUT2D eigenvalue weighted by Crippen LogP contribution is -2.45. The average Bonchev–Trinajstić information content (AvgIpc) is 3.28. The molecular weight excluding hydrogens is 407 g/mol. The number of hydrogen-bond acceptors (Lipinski definition) is 3. The number of imidazole rings is 1. The number of piperidine rings is 1. The first kappa shape index (κ1) is 22.7. The summed E-state index contributed by atoms with van der Waals surface area (Å²) in [5.74, 6) is 0.477. The first-order valence-corrected chi connectivity index (χ1v) is 12.2. The van der Waals surface area contributed by atoms with Gasteiger partial charge in [-0.3, -0.25) is 9.59 Å². The largest absolute Gasteiger partial charge is 0.352 e. The molecule has 1 aliphatic carbocycles. The Morgan fingerprint density at radius 1 is 1.16 bits per heavy atom. The highest BCUT2D eigenvalue weighted by Crippen LogP contribution is 2.34. The van der Waals surface area contributed by atoms with E-state index in [4.69, 9.17) is 0 Å². The molecule has 2 aliphatic rings. The highest BCUT2D eigenvalue weighted by atomic mass is 19.1. The van der Waals surface area contributed by atoms with E-state index < -0.39 is 6.17 Å². The molecule has 32 heavy (non-hydrogen) atoms. The molecule has 0 bridgehead atoms. The number of nitrogens with zero attached hydrogens (tertiary/aromatic N) is 3. The van der Waals surface area contributed by atoms with Gasteiger partial charge in [0.15, 0.2) is 0 Å². The molecule has 2 aromatic heterocycles. The standard InChI is InChI=1S/C25H35FN4O2/c1-18-21(6-4-7-22(18)26)25(32)29-14-10-19(11-15-29)5-2-3-12-28-24(31)20-8-9-23-27-13-16-30(23)17-20/h8-9,13,16-19,21-22H,2-7,10-12,14-15H2,1H3,(H,28,31). The summed E-state index contributed by atoms with van der Waals surface area (Å²) in [6.45, 7) is 4.17. The maximum Gasteiger partial charge on any atom is 0.252 e. The molecule has 0 aromatic carbocycles. The minimum absolute atomic E-state index is 0.0557. The number of alkyl halides is 1. The lowest BCUT2D eigenvalue weighted by Gasteiger charge is -2.38. The van der Waals surface area contributed by atoms with Gasteiger partial charge in [0, 0.05) is 44.1 Å². The second-order valence-electron chi connectivity index (χ2n) is 9.54. The molecule has 1 N–H and O–H groups in total. The molecule has 4 rings (SSSR count). The number of nitrogens with one attached hydrogen (secondary N) is 1. The zero-order valence-corrected chi connectivity index (χ0v) is 19.0. The van der Waals surface area contributed by atoms with Crippen LogP contribution in [0.4, 0.5) is 4.39 Å². The number of fused-ring (bicyclic) bond motifs is 1. The number of pyridine rings is 1. The Hall–Kier alpha value is -2.44. The minimum atomic E-state index is -0.829. The summed E-state index contributed by atoms with van der Waals surface area (Å²) in [7, 11) is 0. The van der Waals surface area contributed by atoms with Gasteiger partial charge in [-0.25, -0.2) is 9.37 Å². The van der Waals surface area contributed by atoms with Crippen molar-refractivity contribution in [1.82, 2.24) is 19.6 Å². The average molecular weight is 443 g/mol. The van der Waals surface area contributed by atoms with Gasteiger partial charge in [0.05, 0.1) is 5.56 Å². The SMILES string of the molecule is CC1C(F)CCCC1C(=O)N1CCC(CCCCNC(=O)c2ccc3nccn3c2)CC1. The maximum absolute atomic E-state index is 14.0. The smallest absolute Gasteiger partial charge is 0.252 e. The molecule has 0 spiro atoms. The fourth-order valence-corrected chi connectivity index (χ4v) is 5.25. The van der Waals surface area contributed by atoms with E-state index in [1.54, 1.807) is 18.5 Å². The van der Waals surface area contributed by atoms with Gasteiger partial charge in [-0.1, -0.05) is 19.8 Å². The molecule has 6 nitrogen and oxygen atoms in total. The summed E-state index contributed by atoms with van der Waals surface area (Å²) in [5.41, 5.74) is 1.47. The molecule has 2 fully saturated rings. The van der Waals surface area contributed by atoms with Crippen molar-refractivity contribution in [3.63, 3.8) is 0 Å². The van der Waals surface area contributed by atoms with Crippen molar-refractivity contribution in [2.24, 2.45) is 17.8 Å². The van der Waals surface area contributed by atoms with Crippen LogP contribution in [0.3, 0.4) is 0 Å². The lowest BCUT2D eigenvalue weighted by molar-refractivity contribution is -0.141. The number of halogens is 1. The van der Waals surface area contributed by atoms with E-state index in [9.17, 15) is 14.0 Å². The number of aromatic nitrogens is 2. The van der Waals surface area contributed by atoms with Crippen molar-refractivity contribution in [3.05, 3.63) is 36.3 Å². The molecule has 174 valence electrons. The monoisotopic (exact) mass is 442 g/mol. The molecule has 3 unspecified atom stereocenters. The summed E-state index contributed by atoms with van der Waals surface area (Å²) in [6, 6.07) is 3.64. The highest BCUT2D eigenvalue weighted by molar-refractivity contribution is 5.94. The van der Waals surface area contributed by atoms with Crippen LogP contribution in [0.5, 0.6) is 0 Å². The van der Waals surface area contributed by atoms with Gasteiger partial charge in [0.25, 0.3) is 5.91 Å². The topological polar surface area (TPSA) is 66.7 Å². The van der Waals surface area contributed by atoms with Crippen LogP contribution in [0.2, 0.25) is 0 Å². The van der Waals surface area contributed by atoms with E-state index >= 15 is 0 Å². The molecule has 1 saturated carbocycles. The molecule has 1 aliphatic heterocycles. The quantitative estimate of drug-likeness (QED) is 0.652. The number of amides is 2. The number of rotatable bonds is 7. The predicted octanol–water partition coefficient (Wildman–Crippen LogP) is 4.25. The zero-order chi connectivity index (χ0) is 22.5. The van der Waals surface area contributed by atoms with E-state index in [0.29, 0.717) is 24.4 Å².